The highest BCUT2D eigenvalue weighted by Gasteiger charge is 2.17. The van der Waals surface area contributed by atoms with E-state index >= 15 is 0 Å². The van der Waals surface area contributed by atoms with E-state index in [4.69, 9.17) is 4.98 Å². The fraction of sp³-hybridized carbons (Fsp3) is 0.481. The van der Waals surface area contributed by atoms with Crippen molar-refractivity contribution in [2.24, 2.45) is 0 Å². The first-order chi connectivity index (χ1) is 15.4. The quantitative estimate of drug-likeness (QED) is 0.353. The summed E-state index contributed by atoms with van der Waals surface area (Å²) in [5.41, 5.74) is 6.61. The number of anilines is 1. The maximum absolute atomic E-state index is 4.95. The maximum atomic E-state index is 4.95. The highest BCUT2D eigenvalue weighted by Crippen LogP contribution is 2.33. The van der Waals surface area contributed by atoms with E-state index < -0.39 is 0 Å². The van der Waals surface area contributed by atoms with Crippen LogP contribution in [0.4, 0.5) is 5.69 Å². The minimum absolute atomic E-state index is 0.946. The highest BCUT2D eigenvalue weighted by atomic mass is 14.9. The largest absolute Gasteiger partial charge is 0.384 e. The summed E-state index contributed by atoms with van der Waals surface area (Å²) in [6.07, 6.45) is 16.4. The molecular weight excluding hydrogens is 380 g/mol. The molecule has 1 aliphatic rings. The first-order valence-electron chi connectivity index (χ1n) is 12.2. The van der Waals surface area contributed by atoms with E-state index in [-0.39, 0.29) is 0 Å². The van der Waals surface area contributed by atoms with Crippen molar-refractivity contribution < 1.29 is 0 Å². The summed E-state index contributed by atoms with van der Waals surface area (Å²) in [5, 5.41) is 8.62. The summed E-state index contributed by atoms with van der Waals surface area (Å²) in [6.45, 7) is 3.11. The third kappa shape index (κ3) is 6.27. The van der Waals surface area contributed by atoms with E-state index in [0.29, 0.717) is 0 Å². The number of nitrogens with one attached hydrogen (secondary N) is 2. The number of para-hydroxylation sites is 1. The normalized spacial score (nSPS) is 13.3. The Morgan fingerprint density at radius 3 is 2.39 bits per heavy atom. The molecule has 4 heteroatoms. The Balaban J connectivity index is 1.12. The second kappa shape index (κ2) is 11.8. The lowest BCUT2D eigenvalue weighted by molar-refractivity contribution is 0.569. The zero-order chi connectivity index (χ0) is 21.1. The lowest BCUT2D eigenvalue weighted by Gasteiger charge is -2.21. The Bertz CT molecular complexity index is 939. The van der Waals surface area contributed by atoms with Crippen molar-refractivity contribution >= 4 is 16.6 Å². The molecule has 0 amide bonds. The van der Waals surface area contributed by atoms with Crippen LogP contribution in [0.15, 0.2) is 48.8 Å². The molecule has 0 spiro atoms. The van der Waals surface area contributed by atoms with Crippen LogP contribution < -0.4 is 10.6 Å². The maximum Gasteiger partial charge on any atom is 0.0726 e. The van der Waals surface area contributed by atoms with Crippen LogP contribution in [-0.2, 0) is 19.4 Å². The number of benzene rings is 1. The summed E-state index contributed by atoms with van der Waals surface area (Å²) >= 11 is 0. The van der Waals surface area contributed by atoms with Gasteiger partial charge >= 0.3 is 0 Å². The van der Waals surface area contributed by atoms with E-state index in [2.05, 4.69) is 52.0 Å². The summed E-state index contributed by atoms with van der Waals surface area (Å²) in [7, 11) is 0. The number of nitrogens with zero attached hydrogens (tertiary/aromatic N) is 2. The van der Waals surface area contributed by atoms with Gasteiger partial charge in [0.05, 0.1) is 5.52 Å². The van der Waals surface area contributed by atoms with Crippen LogP contribution in [0.2, 0.25) is 0 Å². The number of aryl methyl sites for hydroxylation is 1. The molecule has 0 saturated carbocycles. The molecular formula is C27H36N4. The molecule has 0 bridgehead atoms. The molecule has 0 unspecified atom stereocenters. The van der Waals surface area contributed by atoms with Crippen LogP contribution in [0.1, 0.15) is 68.2 Å². The van der Waals surface area contributed by atoms with Gasteiger partial charge in [-0.3, -0.25) is 9.97 Å². The molecule has 2 N–H and O–H groups in total. The van der Waals surface area contributed by atoms with E-state index in [1.54, 1.807) is 0 Å². The number of rotatable bonds is 12. The van der Waals surface area contributed by atoms with Crippen LogP contribution in [0, 0.1) is 0 Å². The van der Waals surface area contributed by atoms with Crippen LogP contribution in [0.25, 0.3) is 10.9 Å². The monoisotopic (exact) mass is 416 g/mol. The average Bonchev–Trinajstić information content (AvgIpc) is 2.82. The lowest BCUT2D eigenvalue weighted by Crippen LogP contribution is -2.14. The fourth-order valence-electron chi connectivity index (χ4n) is 4.60. The van der Waals surface area contributed by atoms with Gasteiger partial charge in [-0.1, -0.05) is 43.9 Å². The minimum atomic E-state index is 0.946. The van der Waals surface area contributed by atoms with Gasteiger partial charge in [-0.2, -0.15) is 0 Å². The van der Waals surface area contributed by atoms with Crippen molar-refractivity contribution in [1.82, 2.24) is 15.3 Å². The van der Waals surface area contributed by atoms with Crippen molar-refractivity contribution in [3.8, 4) is 0 Å². The summed E-state index contributed by atoms with van der Waals surface area (Å²) in [5.74, 6) is 0. The van der Waals surface area contributed by atoms with E-state index in [1.807, 2.05) is 12.4 Å². The summed E-state index contributed by atoms with van der Waals surface area (Å²) < 4.78 is 0. The second-order valence-corrected chi connectivity index (χ2v) is 8.72. The number of aromatic nitrogens is 2. The second-order valence-electron chi connectivity index (χ2n) is 8.72. The van der Waals surface area contributed by atoms with Gasteiger partial charge in [-0.05, 0) is 74.4 Å². The van der Waals surface area contributed by atoms with Crippen molar-refractivity contribution in [1.29, 1.82) is 0 Å². The Kier molecular flexibility index (Phi) is 8.29. The molecule has 31 heavy (non-hydrogen) atoms. The molecule has 164 valence electrons. The lowest BCUT2D eigenvalue weighted by atomic mass is 9.92. The van der Waals surface area contributed by atoms with Crippen LogP contribution in [-0.4, -0.2) is 23.1 Å². The molecule has 0 saturated heterocycles. The molecule has 0 radical (unpaired) electrons. The predicted molar refractivity (Wildman–Crippen MR) is 131 cm³/mol. The van der Waals surface area contributed by atoms with Crippen LogP contribution in [0.5, 0.6) is 0 Å². The first kappa shape index (κ1) is 21.8. The topological polar surface area (TPSA) is 49.8 Å². The van der Waals surface area contributed by atoms with Gasteiger partial charge in [0.25, 0.3) is 0 Å². The standard InChI is InChI=1S/C27H36N4/c1(3-9-17-29-21-22-15-19-28-20-16-22)2-4-10-18-30-27-23-11-5-7-13-25(23)31-26-14-8-6-12-24(26)27/h5,7,11,13,15-16,19-20,29H,1-4,6,8-10,12,14,17-18,21H2,(H,30,31). The zero-order valence-electron chi connectivity index (χ0n) is 18.7. The molecule has 1 aromatic carbocycles. The molecule has 0 aliphatic heterocycles. The van der Waals surface area contributed by atoms with Crippen molar-refractivity contribution in [2.45, 2.75) is 70.8 Å². The number of unbranched alkanes of at least 4 members (excludes halogenated alkanes) is 5. The van der Waals surface area contributed by atoms with Gasteiger partial charge in [-0.25, -0.2) is 0 Å². The number of hydrogen-bond donors (Lipinski definition) is 2. The Labute approximate surface area is 186 Å². The predicted octanol–water partition coefficient (Wildman–Crippen LogP) is 6.05. The Hall–Kier alpha value is -2.46. The Morgan fingerprint density at radius 2 is 1.52 bits per heavy atom. The number of hydrogen-bond acceptors (Lipinski definition) is 4. The molecule has 3 aromatic rings. The number of pyridine rings is 2. The first-order valence-corrected chi connectivity index (χ1v) is 12.2. The SMILES string of the molecule is c1ccc2c(NCCCCCCCCNCc3ccncc3)c3c(nc2c1)CCCC3. The van der Waals surface area contributed by atoms with Crippen LogP contribution in [0.3, 0.4) is 0 Å². The van der Waals surface area contributed by atoms with Crippen molar-refractivity contribution in [3.63, 3.8) is 0 Å². The molecule has 1 aliphatic carbocycles. The average molecular weight is 417 g/mol. The van der Waals surface area contributed by atoms with Gasteiger partial charge in [0.2, 0.25) is 0 Å². The van der Waals surface area contributed by atoms with Crippen LogP contribution >= 0.6 is 0 Å². The van der Waals surface area contributed by atoms with E-state index in [1.165, 1.54) is 85.7 Å². The summed E-state index contributed by atoms with van der Waals surface area (Å²) in [4.78, 5) is 9.00. The molecule has 2 aromatic heterocycles. The fourth-order valence-corrected chi connectivity index (χ4v) is 4.60. The van der Waals surface area contributed by atoms with Gasteiger partial charge in [0.15, 0.2) is 0 Å². The molecule has 0 fully saturated rings. The third-order valence-corrected chi connectivity index (χ3v) is 6.33. The van der Waals surface area contributed by atoms with E-state index in [9.17, 15) is 0 Å². The molecule has 4 nitrogen and oxygen atoms in total. The van der Waals surface area contributed by atoms with Gasteiger partial charge in [0.1, 0.15) is 0 Å². The highest BCUT2D eigenvalue weighted by molar-refractivity contribution is 5.93. The van der Waals surface area contributed by atoms with Gasteiger partial charge in [0, 0.05) is 42.3 Å². The minimum Gasteiger partial charge on any atom is -0.384 e. The smallest absolute Gasteiger partial charge is 0.0726 e. The number of fused-ring (bicyclic) bond motifs is 2. The third-order valence-electron chi connectivity index (χ3n) is 6.33. The summed E-state index contributed by atoms with van der Waals surface area (Å²) in [6, 6.07) is 12.8. The van der Waals surface area contributed by atoms with Gasteiger partial charge < -0.3 is 10.6 Å². The van der Waals surface area contributed by atoms with Gasteiger partial charge in [-0.15, -0.1) is 0 Å². The van der Waals surface area contributed by atoms with E-state index in [0.717, 1.165) is 31.6 Å². The molecule has 0 atom stereocenters. The van der Waals surface area contributed by atoms with Crippen molar-refractivity contribution in [3.05, 3.63) is 65.6 Å². The Morgan fingerprint density at radius 1 is 0.774 bits per heavy atom. The zero-order valence-corrected chi connectivity index (χ0v) is 18.7. The van der Waals surface area contributed by atoms with Crippen molar-refractivity contribution in [2.75, 3.05) is 18.4 Å². The molecule has 2 heterocycles. The molecule has 4 rings (SSSR count).